The molecular weight excluding hydrogens is 282 g/mol. The summed E-state index contributed by atoms with van der Waals surface area (Å²) >= 11 is 0. The van der Waals surface area contributed by atoms with Gasteiger partial charge in [0.1, 0.15) is 0 Å². The van der Waals surface area contributed by atoms with Crippen molar-refractivity contribution in [1.82, 2.24) is 0 Å². The first-order valence-corrected chi connectivity index (χ1v) is 4.12. The average molecular weight is 289 g/mol. The van der Waals surface area contributed by atoms with Crippen LogP contribution >= 0.6 is 0 Å². The normalized spacial score (nSPS) is 11.5. The van der Waals surface area contributed by atoms with Crippen LogP contribution in [0.4, 0.5) is 0 Å². The molecule has 0 radical (unpaired) electrons. The number of nitrogens with zero attached hydrogens (tertiary/aromatic N) is 3. The van der Waals surface area contributed by atoms with Crippen molar-refractivity contribution in [3.05, 3.63) is 30.3 Å². The van der Waals surface area contributed by atoms with E-state index in [2.05, 4.69) is 14.5 Å². The molecule has 15 heteroatoms. The van der Waals surface area contributed by atoms with E-state index in [-0.39, 0.29) is 0 Å². The zero-order valence-electron chi connectivity index (χ0n) is 8.77. The second-order valence-electron chi connectivity index (χ2n) is 2.78. The van der Waals surface area contributed by atoms with Crippen molar-refractivity contribution < 1.29 is 45.1 Å². The lowest BCUT2D eigenvalue weighted by atomic mass is 10.1. The van der Waals surface area contributed by atoms with Gasteiger partial charge < -0.3 is 15.3 Å². The van der Waals surface area contributed by atoms with E-state index >= 15 is 0 Å². The first kappa shape index (κ1) is 16.5. The van der Waals surface area contributed by atoms with E-state index in [9.17, 15) is 30.3 Å². The summed E-state index contributed by atoms with van der Waals surface area (Å²) in [5, 5.41) is 51.8. The number of hydrogen-bond acceptors (Lipinski definition) is 12. The molecule has 0 saturated carbocycles. The topological polar surface area (TPSA) is 218 Å². The maximum atomic E-state index is 10.2. The Balaban J connectivity index is 5.57. The van der Waals surface area contributed by atoms with Crippen LogP contribution in [0, 0.1) is 30.3 Å². The van der Waals surface area contributed by atoms with Gasteiger partial charge in [0.15, 0.2) is 0 Å². The van der Waals surface area contributed by atoms with Crippen molar-refractivity contribution in [2.75, 3.05) is 6.61 Å². The molecule has 0 heterocycles. The summed E-state index contributed by atoms with van der Waals surface area (Å²) in [4.78, 5) is 40.6. The number of rotatable bonds is 9. The van der Waals surface area contributed by atoms with Gasteiger partial charge in [0.25, 0.3) is 15.3 Å². The van der Waals surface area contributed by atoms with Crippen molar-refractivity contribution in [1.29, 1.82) is 0 Å². The Morgan fingerprint density at radius 3 is 1.53 bits per heavy atom. The third-order valence-corrected chi connectivity index (χ3v) is 1.58. The molecule has 0 aliphatic rings. The van der Waals surface area contributed by atoms with Crippen molar-refractivity contribution in [2.45, 2.75) is 18.2 Å². The molecule has 0 aliphatic carbocycles. The minimum absolute atomic E-state index is 1.16. The van der Waals surface area contributed by atoms with Crippen LogP contribution in [0.3, 0.4) is 0 Å². The molecule has 0 aromatic carbocycles. The van der Waals surface area contributed by atoms with Crippen LogP contribution in [0.5, 0.6) is 0 Å². The van der Waals surface area contributed by atoms with Gasteiger partial charge in [-0.1, -0.05) is 0 Å². The van der Waals surface area contributed by atoms with Gasteiger partial charge >= 0.3 is 11.8 Å². The van der Waals surface area contributed by atoms with Gasteiger partial charge in [-0.25, -0.2) is 4.84 Å². The van der Waals surface area contributed by atoms with Crippen molar-refractivity contribution in [2.24, 2.45) is 0 Å². The van der Waals surface area contributed by atoms with E-state index in [0.29, 0.717) is 0 Å². The van der Waals surface area contributed by atoms with Crippen molar-refractivity contribution in [3.63, 3.8) is 0 Å². The highest BCUT2D eigenvalue weighted by Gasteiger charge is 2.60. The summed E-state index contributed by atoms with van der Waals surface area (Å²) in [5.41, 5.74) is 0. The fraction of sp³-hybridized carbons (Fsp3) is 1.00. The van der Waals surface area contributed by atoms with E-state index in [4.69, 9.17) is 15.3 Å². The Hall–Kier alpha value is -2.52. The van der Waals surface area contributed by atoms with E-state index in [0.717, 1.165) is 0 Å². The quantitative estimate of drug-likeness (QED) is 0.224. The summed E-state index contributed by atoms with van der Waals surface area (Å²) in [6, 6.07) is 0. The second kappa shape index (κ2) is 5.89. The van der Waals surface area contributed by atoms with Crippen LogP contribution in [0.25, 0.3) is 0 Å². The Morgan fingerprint density at radius 2 is 1.26 bits per heavy atom. The van der Waals surface area contributed by atoms with Gasteiger partial charge in [0, 0.05) is 13.0 Å². The van der Waals surface area contributed by atoms with Crippen LogP contribution in [0.15, 0.2) is 0 Å². The molecule has 0 unspecified atom stereocenters. The van der Waals surface area contributed by atoms with Crippen LogP contribution < -0.4 is 0 Å². The molecule has 0 amide bonds. The summed E-state index contributed by atoms with van der Waals surface area (Å²) in [6.45, 7) is -1.16. The minimum atomic E-state index is -4.24. The molecule has 0 atom stereocenters. The summed E-state index contributed by atoms with van der Waals surface area (Å²) in [6.07, 6.45) is -1.31. The first-order chi connectivity index (χ1) is 8.56. The minimum Gasteiger partial charge on any atom is -0.396 e. The smallest absolute Gasteiger partial charge is 0.375 e. The highest BCUT2D eigenvalue weighted by atomic mass is 17.1. The van der Waals surface area contributed by atoms with Gasteiger partial charge in [-0.2, -0.15) is 0 Å². The lowest BCUT2D eigenvalue weighted by Crippen LogP contribution is -2.62. The zero-order chi connectivity index (χ0) is 15.3. The Labute approximate surface area is 101 Å². The molecule has 0 aromatic heterocycles. The third-order valence-electron chi connectivity index (χ3n) is 1.58. The van der Waals surface area contributed by atoms with E-state index in [1.807, 2.05) is 0 Å². The van der Waals surface area contributed by atoms with Crippen LogP contribution in [-0.2, 0) is 14.5 Å². The largest absolute Gasteiger partial charge is 0.396 e. The molecule has 0 saturated heterocycles. The number of aliphatic hydroxyl groups is 3. The maximum Gasteiger partial charge on any atom is 0.375 e. The van der Waals surface area contributed by atoms with E-state index in [1.165, 1.54) is 0 Å². The molecule has 0 bridgehead atoms. The van der Waals surface area contributed by atoms with Gasteiger partial charge in [-0.15, -0.1) is 30.3 Å². The molecule has 0 spiro atoms. The van der Waals surface area contributed by atoms with Crippen LogP contribution in [0.1, 0.15) is 6.42 Å². The zero-order valence-corrected chi connectivity index (χ0v) is 8.77. The molecule has 0 aliphatic heterocycles. The Morgan fingerprint density at radius 1 is 0.895 bits per heavy atom. The predicted octanol–water partition coefficient (Wildman–Crippen LogP) is -2.67. The van der Waals surface area contributed by atoms with Crippen LogP contribution in [-0.4, -0.2) is 48.9 Å². The third kappa shape index (κ3) is 4.33. The first-order valence-electron chi connectivity index (χ1n) is 4.12. The Kier molecular flexibility index (Phi) is 5.11. The van der Waals surface area contributed by atoms with E-state index in [1.54, 1.807) is 0 Å². The SMILES string of the molecule is O=[N+]([O-])OC(O)(O)C(CCO)(O[N+](=O)[O-])O[N+](=O)[O-]. The monoisotopic (exact) mass is 289 g/mol. The Bertz CT molecular complexity index is 350. The maximum absolute atomic E-state index is 10.2. The molecule has 0 fully saturated rings. The van der Waals surface area contributed by atoms with Gasteiger partial charge in [0.05, 0.1) is 0 Å². The molecule has 0 rings (SSSR count). The van der Waals surface area contributed by atoms with E-state index < -0.39 is 40.0 Å². The molecule has 110 valence electrons. The fourth-order valence-electron chi connectivity index (χ4n) is 0.951. The molecule has 3 N–H and O–H groups in total. The predicted molar refractivity (Wildman–Crippen MR) is 45.8 cm³/mol. The average Bonchev–Trinajstić information content (AvgIpc) is 2.12. The van der Waals surface area contributed by atoms with Crippen LogP contribution in [0.2, 0.25) is 0 Å². The number of hydrogen-bond donors (Lipinski definition) is 3. The standard InChI is InChI=1S/C4H7N3O12/c8-2-1-3(17-5(11)12,18-6(13)14)4(9,10)19-7(15)16/h8-10H,1-2H2. The molecule has 0 aromatic rings. The summed E-state index contributed by atoms with van der Waals surface area (Å²) in [5.74, 6) is -7.92. The van der Waals surface area contributed by atoms with Crippen molar-refractivity contribution >= 4 is 0 Å². The highest BCUT2D eigenvalue weighted by Crippen LogP contribution is 2.31. The molecule has 19 heavy (non-hydrogen) atoms. The second-order valence-corrected chi connectivity index (χ2v) is 2.78. The van der Waals surface area contributed by atoms with Gasteiger partial charge in [-0.05, 0) is 0 Å². The highest BCUT2D eigenvalue weighted by molar-refractivity contribution is 4.75. The van der Waals surface area contributed by atoms with Gasteiger partial charge in [0.2, 0.25) is 0 Å². The fourth-order valence-corrected chi connectivity index (χ4v) is 0.951. The summed E-state index contributed by atoms with van der Waals surface area (Å²) < 4.78 is 0. The van der Waals surface area contributed by atoms with Gasteiger partial charge in [-0.3, -0.25) is 9.68 Å². The lowest BCUT2D eigenvalue weighted by Gasteiger charge is -2.35. The number of aliphatic hydroxyl groups excluding tert-OH is 1. The summed E-state index contributed by atoms with van der Waals surface area (Å²) in [7, 11) is 0. The molecular formula is C4H7N3O12. The van der Waals surface area contributed by atoms with Crippen molar-refractivity contribution in [3.8, 4) is 0 Å². The lowest BCUT2D eigenvalue weighted by molar-refractivity contribution is -0.916. The molecule has 15 nitrogen and oxygen atoms in total.